The SMILES string of the molecule is O=C(Cc1cccc(F)c1)Cc1cccc(F)c1Br. The van der Waals surface area contributed by atoms with Gasteiger partial charge in [-0.1, -0.05) is 24.3 Å². The van der Waals surface area contributed by atoms with E-state index in [1.807, 2.05) is 0 Å². The first-order valence-electron chi connectivity index (χ1n) is 5.75. The van der Waals surface area contributed by atoms with Crippen LogP contribution < -0.4 is 0 Å². The number of halogens is 3. The molecule has 0 aliphatic heterocycles. The van der Waals surface area contributed by atoms with Crippen LogP contribution in [0, 0.1) is 11.6 Å². The zero-order valence-corrected chi connectivity index (χ0v) is 11.6. The molecular weight excluding hydrogens is 314 g/mol. The molecule has 1 nitrogen and oxygen atoms in total. The number of hydrogen-bond acceptors (Lipinski definition) is 1. The summed E-state index contributed by atoms with van der Waals surface area (Å²) in [6.45, 7) is 0. The van der Waals surface area contributed by atoms with Crippen LogP contribution in [0.15, 0.2) is 46.9 Å². The fourth-order valence-corrected chi connectivity index (χ4v) is 2.24. The molecule has 0 aliphatic carbocycles. The molecule has 0 saturated heterocycles. The van der Waals surface area contributed by atoms with Crippen molar-refractivity contribution in [3.63, 3.8) is 0 Å². The predicted octanol–water partition coefficient (Wildman–Crippen LogP) is 4.08. The first-order chi connectivity index (χ1) is 9.06. The molecule has 0 unspecified atom stereocenters. The predicted molar refractivity (Wildman–Crippen MR) is 72.9 cm³/mol. The minimum atomic E-state index is -0.393. The molecule has 0 fully saturated rings. The lowest BCUT2D eigenvalue weighted by molar-refractivity contribution is -0.117. The van der Waals surface area contributed by atoms with Gasteiger partial charge in [-0.05, 0) is 45.3 Å². The van der Waals surface area contributed by atoms with Gasteiger partial charge in [-0.15, -0.1) is 0 Å². The standard InChI is InChI=1S/C15H11BrF2O/c16-15-11(4-2-6-14(15)18)9-13(19)8-10-3-1-5-12(17)7-10/h1-7H,8-9H2. The van der Waals surface area contributed by atoms with Gasteiger partial charge in [0.25, 0.3) is 0 Å². The Morgan fingerprint density at radius 2 is 1.79 bits per heavy atom. The van der Waals surface area contributed by atoms with Crippen LogP contribution >= 0.6 is 15.9 Å². The zero-order valence-electron chi connectivity index (χ0n) is 10.00. The molecule has 0 bridgehead atoms. The molecule has 2 aromatic rings. The van der Waals surface area contributed by atoms with Gasteiger partial charge >= 0.3 is 0 Å². The lowest BCUT2D eigenvalue weighted by atomic mass is 10.0. The highest BCUT2D eigenvalue weighted by atomic mass is 79.9. The summed E-state index contributed by atoms with van der Waals surface area (Å²) in [6, 6.07) is 10.5. The van der Waals surface area contributed by atoms with Crippen molar-refractivity contribution >= 4 is 21.7 Å². The van der Waals surface area contributed by atoms with Crippen molar-refractivity contribution < 1.29 is 13.6 Å². The van der Waals surface area contributed by atoms with E-state index in [0.29, 0.717) is 15.6 Å². The maximum absolute atomic E-state index is 13.3. The Hall–Kier alpha value is -1.55. The number of rotatable bonds is 4. The number of carbonyl (C=O) groups is 1. The molecule has 0 heterocycles. The van der Waals surface area contributed by atoms with Crippen LogP contribution in [0.5, 0.6) is 0 Å². The quantitative estimate of drug-likeness (QED) is 0.828. The summed E-state index contributed by atoms with van der Waals surface area (Å²) in [5, 5.41) is 0. The summed E-state index contributed by atoms with van der Waals surface area (Å²) in [4.78, 5) is 11.9. The van der Waals surface area contributed by atoms with E-state index in [1.54, 1.807) is 24.3 Å². The number of carbonyl (C=O) groups excluding carboxylic acids is 1. The Morgan fingerprint density at radius 1 is 1.05 bits per heavy atom. The second-order valence-electron chi connectivity index (χ2n) is 4.24. The summed E-state index contributed by atoms with van der Waals surface area (Å²) >= 11 is 3.12. The highest BCUT2D eigenvalue weighted by molar-refractivity contribution is 9.10. The van der Waals surface area contributed by atoms with Gasteiger partial charge in [0.05, 0.1) is 4.47 Å². The lowest BCUT2D eigenvalue weighted by Crippen LogP contribution is -2.07. The second-order valence-corrected chi connectivity index (χ2v) is 5.03. The fourth-order valence-electron chi connectivity index (χ4n) is 1.83. The van der Waals surface area contributed by atoms with Crippen molar-refractivity contribution in [2.24, 2.45) is 0 Å². The number of hydrogen-bond donors (Lipinski definition) is 0. The molecule has 0 radical (unpaired) electrons. The topological polar surface area (TPSA) is 17.1 Å². The summed E-state index contributed by atoms with van der Waals surface area (Å²) in [5.74, 6) is -0.842. The van der Waals surface area contributed by atoms with Gasteiger partial charge in [-0.2, -0.15) is 0 Å². The summed E-state index contributed by atoms with van der Waals surface area (Å²) in [6.07, 6.45) is 0.259. The highest BCUT2D eigenvalue weighted by Gasteiger charge is 2.10. The lowest BCUT2D eigenvalue weighted by Gasteiger charge is -2.05. The Labute approximate surface area is 118 Å². The van der Waals surface area contributed by atoms with E-state index < -0.39 is 5.82 Å². The number of Topliss-reactive ketones (excluding diaryl/α,β-unsaturated/α-hetero) is 1. The van der Waals surface area contributed by atoms with Crippen LogP contribution in [-0.4, -0.2) is 5.78 Å². The first kappa shape index (κ1) is 13.9. The normalized spacial score (nSPS) is 10.5. The van der Waals surface area contributed by atoms with Gasteiger partial charge in [-0.25, -0.2) is 8.78 Å². The Kier molecular flexibility index (Phi) is 4.43. The molecule has 0 amide bonds. The monoisotopic (exact) mass is 324 g/mol. The van der Waals surface area contributed by atoms with Crippen LogP contribution in [-0.2, 0) is 17.6 Å². The molecule has 0 N–H and O–H groups in total. The molecule has 98 valence electrons. The van der Waals surface area contributed by atoms with Crippen molar-refractivity contribution in [2.45, 2.75) is 12.8 Å². The first-order valence-corrected chi connectivity index (χ1v) is 6.54. The minimum absolute atomic E-state index is 0.0862. The van der Waals surface area contributed by atoms with E-state index in [1.165, 1.54) is 18.2 Å². The molecule has 0 saturated carbocycles. The molecule has 0 aliphatic rings. The molecule has 2 rings (SSSR count). The van der Waals surface area contributed by atoms with Crippen LogP contribution in [0.4, 0.5) is 8.78 Å². The highest BCUT2D eigenvalue weighted by Crippen LogP contribution is 2.21. The van der Waals surface area contributed by atoms with E-state index in [2.05, 4.69) is 15.9 Å². The van der Waals surface area contributed by atoms with Gasteiger partial charge in [0.15, 0.2) is 0 Å². The Bertz CT molecular complexity index is 611. The third kappa shape index (κ3) is 3.70. The summed E-state index contributed by atoms with van der Waals surface area (Å²) < 4.78 is 26.6. The number of benzene rings is 2. The third-order valence-corrected chi connectivity index (χ3v) is 3.60. The Morgan fingerprint density at radius 3 is 2.53 bits per heavy atom. The minimum Gasteiger partial charge on any atom is -0.299 e. The maximum Gasteiger partial charge on any atom is 0.141 e. The van der Waals surface area contributed by atoms with Gasteiger partial charge in [0.2, 0.25) is 0 Å². The van der Waals surface area contributed by atoms with Crippen molar-refractivity contribution in [3.05, 3.63) is 69.7 Å². The summed E-state index contributed by atoms with van der Waals surface area (Å²) in [7, 11) is 0. The van der Waals surface area contributed by atoms with Crippen LogP contribution in [0.3, 0.4) is 0 Å². The van der Waals surface area contributed by atoms with Crippen LogP contribution in [0.1, 0.15) is 11.1 Å². The van der Waals surface area contributed by atoms with Crippen molar-refractivity contribution in [3.8, 4) is 0 Å². The third-order valence-electron chi connectivity index (χ3n) is 2.71. The van der Waals surface area contributed by atoms with E-state index in [4.69, 9.17) is 0 Å². The van der Waals surface area contributed by atoms with E-state index >= 15 is 0 Å². The van der Waals surface area contributed by atoms with Gasteiger partial charge < -0.3 is 0 Å². The van der Waals surface area contributed by atoms with Gasteiger partial charge in [0.1, 0.15) is 17.4 Å². The van der Waals surface area contributed by atoms with Gasteiger partial charge in [-0.3, -0.25) is 4.79 Å². The molecule has 0 spiro atoms. The van der Waals surface area contributed by atoms with Crippen molar-refractivity contribution in [1.82, 2.24) is 0 Å². The van der Waals surface area contributed by atoms with Crippen LogP contribution in [0.2, 0.25) is 0 Å². The van der Waals surface area contributed by atoms with Crippen molar-refractivity contribution in [1.29, 1.82) is 0 Å². The summed E-state index contributed by atoms with van der Waals surface area (Å²) in [5.41, 5.74) is 1.22. The number of ketones is 1. The van der Waals surface area contributed by atoms with E-state index in [-0.39, 0.29) is 24.4 Å². The molecular formula is C15H11BrF2O. The average molecular weight is 325 g/mol. The maximum atomic E-state index is 13.3. The molecule has 4 heteroatoms. The van der Waals surface area contributed by atoms with Gasteiger partial charge in [0, 0.05) is 12.8 Å². The molecule has 2 aromatic carbocycles. The van der Waals surface area contributed by atoms with E-state index in [9.17, 15) is 13.6 Å². The zero-order chi connectivity index (χ0) is 13.8. The molecule has 19 heavy (non-hydrogen) atoms. The van der Waals surface area contributed by atoms with Crippen LogP contribution in [0.25, 0.3) is 0 Å². The molecule has 0 aromatic heterocycles. The molecule has 0 atom stereocenters. The largest absolute Gasteiger partial charge is 0.299 e. The average Bonchev–Trinajstić information content (AvgIpc) is 2.35. The second kappa shape index (κ2) is 6.06. The van der Waals surface area contributed by atoms with E-state index in [0.717, 1.165) is 0 Å². The fraction of sp³-hybridized carbons (Fsp3) is 0.133. The van der Waals surface area contributed by atoms with Crippen molar-refractivity contribution in [2.75, 3.05) is 0 Å². The smallest absolute Gasteiger partial charge is 0.141 e. The Balaban J connectivity index is 2.08.